The summed E-state index contributed by atoms with van der Waals surface area (Å²) >= 11 is 0. The van der Waals surface area contributed by atoms with Crippen molar-refractivity contribution in [3.63, 3.8) is 0 Å². The van der Waals surface area contributed by atoms with Gasteiger partial charge in [0, 0.05) is 44.2 Å². The second kappa shape index (κ2) is 16.9. The number of fused-ring (bicyclic) bond motifs is 6. The second-order valence-electron chi connectivity index (χ2n) is 17.6. The summed E-state index contributed by atoms with van der Waals surface area (Å²) in [5, 5.41) is 4.75. The molecule has 3 heteroatoms. The van der Waals surface area contributed by atoms with Crippen LogP contribution in [0.4, 0.5) is 17.1 Å². The van der Waals surface area contributed by atoms with Crippen LogP contribution >= 0.6 is 0 Å². The number of furan rings is 1. The van der Waals surface area contributed by atoms with Crippen LogP contribution in [0.1, 0.15) is 0 Å². The van der Waals surface area contributed by atoms with Gasteiger partial charge in [-0.05, 0) is 117 Å². The van der Waals surface area contributed by atoms with Crippen molar-refractivity contribution in [1.82, 2.24) is 4.57 Å². The van der Waals surface area contributed by atoms with E-state index in [-0.39, 0.29) is 0 Å². The fourth-order valence-electron chi connectivity index (χ4n) is 10.4. The van der Waals surface area contributed by atoms with Crippen LogP contribution in [-0.2, 0) is 0 Å². The molecule has 3 nitrogen and oxygen atoms in total. The van der Waals surface area contributed by atoms with Gasteiger partial charge in [0.2, 0.25) is 0 Å². The Bertz CT molecular complexity index is 3960. The molecule has 0 bridgehead atoms. The Morgan fingerprint density at radius 1 is 0.290 bits per heavy atom. The van der Waals surface area contributed by atoms with Gasteiger partial charge in [-0.2, -0.15) is 0 Å². The zero-order chi connectivity index (χ0) is 45.7. The lowest BCUT2D eigenvalue weighted by molar-refractivity contribution is 0.669. The van der Waals surface area contributed by atoms with Gasteiger partial charge in [0.05, 0.1) is 16.7 Å². The molecular weight excluding hydrogens is 837 g/mol. The Morgan fingerprint density at radius 2 is 0.797 bits per heavy atom. The third-order valence-electron chi connectivity index (χ3n) is 13.6. The van der Waals surface area contributed by atoms with E-state index >= 15 is 0 Å². The van der Waals surface area contributed by atoms with Crippen LogP contribution in [-0.4, -0.2) is 4.57 Å². The van der Waals surface area contributed by atoms with Crippen LogP contribution in [0.2, 0.25) is 0 Å². The molecule has 0 aliphatic carbocycles. The summed E-state index contributed by atoms with van der Waals surface area (Å²) in [6.07, 6.45) is 0. The first-order valence-electron chi connectivity index (χ1n) is 23.6. The van der Waals surface area contributed by atoms with Crippen molar-refractivity contribution in [2.75, 3.05) is 4.90 Å². The van der Waals surface area contributed by atoms with Gasteiger partial charge in [0.1, 0.15) is 11.2 Å². The quantitative estimate of drug-likeness (QED) is 0.144. The fraction of sp³-hybridized carbons (Fsp3) is 0. The molecule has 0 spiro atoms. The Balaban J connectivity index is 0.894. The topological polar surface area (TPSA) is 21.3 Å². The Morgan fingerprint density at radius 3 is 1.54 bits per heavy atom. The van der Waals surface area contributed by atoms with Crippen molar-refractivity contribution in [1.29, 1.82) is 0 Å². The number of hydrogen-bond acceptors (Lipinski definition) is 2. The molecule has 0 fully saturated rings. The molecule has 13 aromatic rings. The molecule has 0 atom stereocenters. The SMILES string of the molecule is c1ccc(-c2ccccc2-c2cccc(N(c3ccc(-c4ccc(-c5cccc(-n6c7ccccc7c7ccccc76)c5)cc4)cc3)c3ccccc3-c3cccc4oc5ccccc5c34)c2)cc1. The molecule has 324 valence electrons. The van der Waals surface area contributed by atoms with E-state index in [0.29, 0.717) is 0 Å². The maximum absolute atomic E-state index is 6.42. The maximum atomic E-state index is 6.42. The minimum Gasteiger partial charge on any atom is -0.456 e. The van der Waals surface area contributed by atoms with Crippen molar-refractivity contribution in [3.05, 3.63) is 267 Å². The monoisotopic (exact) mass is 880 g/mol. The van der Waals surface area contributed by atoms with Crippen LogP contribution in [0, 0.1) is 0 Å². The van der Waals surface area contributed by atoms with Crippen LogP contribution < -0.4 is 4.90 Å². The number of benzene rings is 11. The molecule has 0 unspecified atom stereocenters. The molecule has 69 heavy (non-hydrogen) atoms. The largest absolute Gasteiger partial charge is 0.456 e. The lowest BCUT2D eigenvalue weighted by Crippen LogP contribution is -2.11. The molecule has 0 saturated heterocycles. The molecule has 2 heterocycles. The summed E-state index contributed by atoms with van der Waals surface area (Å²) in [5.41, 5.74) is 20.2. The smallest absolute Gasteiger partial charge is 0.136 e. The number of para-hydroxylation sites is 4. The van der Waals surface area contributed by atoms with Crippen LogP contribution in [0.5, 0.6) is 0 Å². The van der Waals surface area contributed by atoms with E-state index < -0.39 is 0 Å². The van der Waals surface area contributed by atoms with Gasteiger partial charge in [-0.1, -0.05) is 200 Å². The van der Waals surface area contributed by atoms with E-state index in [1.165, 1.54) is 49.6 Å². The number of aromatic nitrogens is 1. The van der Waals surface area contributed by atoms with Crippen LogP contribution in [0.3, 0.4) is 0 Å². The normalized spacial score (nSPS) is 11.5. The van der Waals surface area contributed by atoms with Crippen LogP contribution in [0.15, 0.2) is 271 Å². The van der Waals surface area contributed by atoms with Crippen molar-refractivity contribution in [2.45, 2.75) is 0 Å². The summed E-state index contributed by atoms with van der Waals surface area (Å²) in [6.45, 7) is 0. The van der Waals surface area contributed by atoms with Crippen molar-refractivity contribution < 1.29 is 4.42 Å². The van der Waals surface area contributed by atoms with Crippen molar-refractivity contribution >= 4 is 60.8 Å². The van der Waals surface area contributed by atoms with Gasteiger partial charge in [-0.25, -0.2) is 0 Å². The molecule has 0 amide bonds. The van der Waals surface area contributed by atoms with E-state index in [0.717, 1.165) is 72.5 Å². The molecule has 0 aliphatic rings. The highest BCUT2D eigenvalue weighted by atomic mass is 16.3. The minimum absolute atomic E-state index is 0.876. The zero-order valence-corrected chi connectivity index (χ0v) is 37.7. The maximum Gasteiger partial charge on any atom is 0.136 e. The highest BCUT2D eigenvalue weighted by Gasteiger charge is 2.21. The number of nitrogens with zero attached hydrogens (tertiary/aromatic N) is 2. The van der Waals surface area contributed by atoms with E-state index in [2.05, 4.69) is 270 Å². The van der Waals surface area contributed by atoms with Gasteiger partial charge in [-0.15, -0.1) is 0 Å². The Hall–Kier alpha value is -9.18. The summed E-state index contributed by atoms with van der Waals surface area (Å²) < 4.78 is 8.80. The summed E-state index contributed by atoms with van der Waals surface area (Å²) in [7, 11) is 0. The van der Waals surface area contributed by atoms with Gasteiger partial charge >= 0.3 is 0 Å². The van der Waals surface area contributed by atoms with E-state index in [4.69, 9.17) is 4.42 Å². The lowest BCUT2D eigenvalue weighted by Gasteiger charge is -2.29. The number of hydrogen-bond donors (Lipinski definition) is 0. The summed E-state index contributed by atoms with van der Waals surface area (Å²) in [5.74, 6) is 0. The summed E-state index contributed by atoms with van der Waals surface area (Å²) in [4.78, 5) is 2.40. The molecule has 0 N–H and O–H groups in total. The average molecular weight is 881 g/mol. The van der Waals surface area contributed by atoms with E-state index in [9.17, 15) is 0 Å². The molecule has 0 radical (unpaired) electrons. The first kappa shape index (κ1) is 40.1. The highest BCUT2D eigenvalue weighted by Crippen LogP contribution is 2.46. The number of rotatable bonds is 9. The van der Waals surface area contributed by atoms with E-state index in [1.807, 2.05) is 6.07 Å². The van der Waals surface area contributed by atoms with Crippen LogP contribution in [0.25, 0.3) is 105 Å². The summed E-state index contributed by atoms with van der Waals surface area (Å²) in [6, 6.07) is 96.1. The average Bonchev–Trinajstić information content (AvgIpc) is 3.98. The molecule has 2 aromatic heterocycles. The molecular formula is C66H44N2O. The zero-order valence-electron chi connectivity index (χ0n) is 37.7. The number of anilines is 3. The predicted molar refractivity (Wildman–Crippen MR) is 290 cm³/mol. The van der Waals surface area contributed by atoms with Gasteiger partial charge in [-0.3, -0.25) is 0 Å². The molecule has 13 rings (SSSR count). The molecule has 0 saturated carbocycles. The Kier molecular flexibility index (Phi) is 9.84. The Labute approximate surface area is 401 Å². The first-order valence-corrected chi connectivity index (χ1v) is 23.6. The van der Waals surface area contributed by atoms with Crippen molar-refractivity contribution in [3.8, 4) is 61.3 Å². The lowest BCUT2D eigenvalue weighted by atomic mass is 9.94. The third kappa shape index (κ3) is 7.08. The first-order chi connectivity index (χ1) is 34.2. The van der Waals surface area contributed by atoms with Gasteiger partial charge in [0.15, 0.2) is 0 Å². The fourth-order valence-corrected chi connectivity index (χ4v) is 10.4. The standard InChI is InChI=1S/C66H44N2O/c1-2-17-48(18-3-1)54-23-4-5-24-55(54)50-20-15-21-52(44-50)67(61-30-10-8-27-58(61)59-29-16-34-65-66(59)60-28-9-13-33-64(60)69-65)51-41-39-46(40-42-51)45-35-37-47(38-36-45)49-19-14-22-53(43-49)68-62-31-11-6-25-56(62)57-26-7-12-32-63(57)68/h1-44H. The molecule has 0 aliphatic heterocycles. The van der Waals surface area contributed by atoms with E-state index in [1.54, 1.807) is 0 Å². The minimum atomic E-state index is 0.876. The van der Waals surface area contributed by atoms with Gasteiger partial charge < -0.3 is 13.9 Å². The second-order valence-corrected chi connectivity index (χ2v) is 17.6. The third-order valence-corrected chi connectivity index (χ3v) is 13.6. The molecule has 11 aromatic carbocycles. The highest BCUT2D eigenvalue weighted by molar-refractivity contribution is 6.14. The van der Waals surface area contributed by atoms with Gasteiger partial charge in [0.25, 0.3) is 0 Å². The van der Waals surface area contributed by atoms with Crippen molar-refractivity contribution in [2.24, 2.45) is 0 Å². The predicted octanol–water partition coefficient (Wildman–Crippen LogP) is 18.5.